The van der Waals surface area contributed by atoms with E-state index in [1.54, 1.807) is 18.2 Å². The van der Waals surface area contributed by atoms with Crippen molar-refractivity contribution in [3.63, 3.8) is 0 Å². The molecule has 0 bridgehead atoms. The lowest BCUT2D eigenvalue weighted by Crippen LogP contribution is -2.23. The minimum absolute atomic E-state index is 0.362. The Labute approximate surface area is 170 Å². The van der Waals surface area contributed by atoms with Crippen LogP contribution in [0.5, 0.6) is 0 Å². The molecule has 5 nitrogen and oxygen atoms in total. The zero-order chi connectivity index (χ0) is 20.0. The van der Waals surface area contributed by atoms with E-state index in [4.69, 9.17) is 11.6 Å². The molecule has 0 atom stereocenters. The monoisotopic (exact) mass is 406 g/mol. The number of rotatable bonds is 4. The predicted octanol–water partition coefficient (Wildman–Crippen LogP) is 5.19. The van der Waals surface area contributed by atoms with Crippen molar-refractivity contribution in [2.75, 3.05) is 5.32 Å². The fourth-order valence-electron chi connectivity index (χ4n) is 3.49. The Hall–Kier alpha value is -3.25. The molecule has 0 aliphatic heterocycles. The summed E-state index contributed by atoms with van der Waals surface area (Å²) in [6.07, 6.45) is 3.65. The topological polar surface area (TPSA) is 59.8 Å². The van der Waals surface area contributed by atoms with Gasteiger partial charge in [-0.05, 0) is 54.7 Å². The lowest BCUT2D eigenvalue weighted by atomic mass is 10.1. The van der Waals surface area contributed by atoms with E-state index in [0.29, 0.717) is 33.6 Å². The minimum Gasteiger partial charge on any atom is -0.339 e. The van der Waals surface area contributed by atoms with Gasteiger partial charge in [0.05, 0.1) is 16.2 Å². The first-order valence-electron chi connectivity index (χ1n) is 9.30. The predicted molar refractivity (Wildman–Crippen MR) is 112 cm³/mol. The average Bonchev–Trinajstić information content (AvgIpc) is 3.54. The summed E-state index contributed by atoms with van der Waals surface area (Å²) in [4.78, 5) is 20.8. The van der Waals surface area contributed by atoms with Crippen molar-refractivity contribution in [3.05, 3.63) is 87.8 Å². The third-order valence-corrected chi connectivity index (χ3v) is 5.37. The van der Waals surface area contributed by atoms with Gasteiger partial charge in [0.25, 0.3) is 0 Å². The van der Waals surface area contributed by atoms with E-state index in [9.17, 15) is 9.18 Å². The molecule has 2 aromatic carbocycles. The molecule has 0 unspecified atom stereocenters. The first-order chi connectivity index (χ1) is 14.1. The van der Waals surface area contributed by atoms with Gasteiger partial charge in [-0.1, -0.05) is 29.8 Å². The molecule has 4 aromatic rings. The van der Waals surface area contributed by atoms with E-state index >= 15 is 0 Å². The van der Waals surface area contributed by atoms with Crippen molar-refractivity contribution in [3.8, 4) is 5.69 Å². The van der Waals surface area contributed by atoms with Gasteiger partial charge in [-0.3, -0.25) is 4.57 Å². The summed E-state index contributed by atoms with van der Waals surface area (Å²) in [7, 11) is 0. The molecule has 0 spiro atoms. The molecule has 0 amide bonds. The van der Waals surface area contributed by atoms with Crippen molar-refractivity contribution in [2.45, 2.75) is 18.8 Å². The summed E-state index contributed by atoms with van der Waals surface area (Å²) in [5.74, 6) is 0.272. The molecule has 7 heteroatoms. The van der Waals surface area contributed by atoms with Gasteiger partial charge < -0.3 is 5.32 Å². The van der Waals surface area contributed by atoms with Gasteiger partial charge in [0.2, 0.25) is 5.95 Å². The molecular weight excluding hydrogens is 391 g/mol. The van der Waals surface area contributed by atoms with Gasteiger partial charge in [-0.25, -0.2) is 9.78 Å². The molecule has 2 aromatic heterocycles. The van der Waals surface area contributed by atoms with E-state index in [2.05, 4.69) is 21.4 Å². The Bertz CT molecular complexity index is 1300. The Morgan fingerprint density at radius 3 is 2.69 bits per heavy atom. The lowest BCUT2D eigenvalue weighted by Gasteiger charge is -2.16. The first-order valence-corrected chi connectivity index (χ1v) is 9.68. The number of benzene rings is 2. The van der Waals surface area contributed by atoms with Gasteiger partial charge in [-0.15, -0.1) is 0 Å². The third kappa shape index (κ3) is 3.36. The quantitative estimate of drug-likeness (QED) is 0.473. The molecule has 29 heavy (non-hydrogen) atoms. The Kier molecular flexibility index (Phi) is 4.28. The second-order valence-corrected chi connectivity index (χ2v) is 7.48. The fourth-order valence-corrected chi connectivity index (χ4v) is 3.71. The summed E-state index contributed by atoms with van der Waals surface area (Å²) in [5, 5.41) is 4.25. The number of pyridine rings is 1. The maximum absolute atomic E-state index is 13.5. The van der Waals surface area contributed by atoms with E-state index in [0.717, 1.165) is 18.2 Å². The fraction of sp³-hybridized carbons (Fsp3) is 0.136. The molecule has 1 fully saturated rings. The second kappa shape index (κ2) is 6.97. The van der Waals surface area contributed by atoms with E-state index in [-0.39, 0.29) is 0 Å². The summed E-state index contributed by atoms with van der Waals surface area (Å²) < 4.78 is 15.0. The van der Waals surface area contributed by atoms with Gasteiger partial charge in [-0.2, -0.15) is 9.37 Å². The highest BCUT2D eigenvalue weighted by Gasteiger charge is 2.25. The summed E-state index contributed by atoms with van der Waals surface area (Å²) in [5.41, 5.74) is 2.47. The van der Waals surface area contributed by atoms with Gasteiger partial charge >= 0.3 is 5.69 Å². The number of nitrogens with zero attached hydrogens (tertiary/aromatic N) is 3. The maximum Gasteiger partial charge on any atom is 0.354 e. The number of hydrogen-bond acceptors (Lipinski definition) is 4. The van der Waals surface area contributed by atoms with Crippen LogP contribution in [0.4, 0.5) is 15.9 Å². The minimum atomic E-state index is -0.611. The van der Waals surface area contributed by atoms with Crippen LogP contribution < -0.4 is 11.0 Å². The molecule has 0 radical (unpaired) electrons. The lowest BCUT2D eigenvalue weighted by molar-refractivity contribution is 0.584. The number of para-hydroxylation sites is 1. The number of hydrogen-bond donors (Lipinski definition) is 1. The van der Waals surface area contributed by atoms with Crippen molar-refractivity contribution >= 4 is 34.0 Å². The van der Waals surface area contributed by atoms with E-state index in [1.165, 1.54) is 22.4 Å². The van der Waals surface area contributed by atoms with Gasteiger partial charge in [0, 0.05) is 23.3 Å². The third-order valence-electron chi connectivity index (χ3n) is 5.05. The largest absolute Gasteiger partial charge is 0.354 e. The summed E-state index contributed by atoms with van der Waals surface area (Å²) in [6, 6.07) is 16.1. The van der Waals surface area contributed by atoms with Crippen molar-refractivity contribution in [2.24, 2.45) is 0 Å². The maximum atomic E-state index is 13.5. The number of anilines is 2. The standard InChI is InChI=1S/C22H16ClFN4O/c23-17-3-1-2-4-18(17)28-19-11-14(13-5-6-13)7-8-16(19)21(27-22(28)29)26-15-9-10-25-20(24)12-15/h1-4,7-13H,5-6H2,(H,25,26,27,29). The van der Waals surface area contributed by atoms with Crippen LogP contribution in [-0.2, 0) is 0 Å². The SMILES string of the molecule is O=c1nc(Nc2ccnc(F)c2)c2ccc(C3CC3)cc2n1-c1ccccc1Cl. The molecule has 1 aliphatic carbocycles. The number of aromatic nitrogens is 3. The second-order valence-electron chi connectivity index (χ2n) is 7.07. The molecule has 0 saturated heterocycles. The van der Waals surface area contributed by atoms with Crippen LogP contribution in [0.2, 0.25) is 5.02 Å². The van der Waals surface area contributed by atoms with Crippen LogP contribution in [0.25, 0.3) is 16.6 Å². The molecule has 1 N–H and O–H groups in total. The normalized spacial score (nSPS) is 13.6. The Morgan fingerprint density at radius 2 is 1.93 bits per heavy atom. The highest BCUT2D eigenvalue weighted by Crippen LogP contribution is 2.41. The van der Waals surface area contributed by atoms with Gasteiger partial charge in [0.1, 0.15) is 5.82 Å². The van der Waals surface area contributed by atoms with Crippen LogP contribution >= 0.6 is 11.6 Å². The Balaban J connectivity index is 1.75. The number of halogens is 2. The van der Waals surface area contributed by atoms with Crippen LogP contribution in [0.3, 0.4) is 0 Å². The molecule has 5 rings (SSSR count). The number of fused-ring (bicyclic) bond motifs is 1. The molecule has 1 saturated carbocycles. The van der Waals surface area contributed by atoms with Crippen LogP contribution in [0, 0.1) is 5.95 Å². The van der Waals surface area contributed by atoms with Crippen LogP contribution in [0.15, 0.2) is 65.6 Å². The summed E-state index contributed by atoms with van der Waals surface area (Å²) >= 11 is 6.38. The summed E-state index contributed by atoms with van der Waals surface area (Å²) in [6.45, 7) is 0. The van der Waals surface area contributed by atoms with Crippen LogP contribution in [0.1, 0.15) is 24.3 Å². The highest BCUT2D eigenvalue weighted by molar-refractivity contribution is 6.32. The molecular formula is C22H16ClFN4O. The zero-order valence-corrected chi connectivity index (χ0v) is 16.0. The first kappa shape index (κ1) is 17.8. The van der Waals surface area contributed by atoms with Crippen LogP contribution in [-0.4, -0.2) is 14.5 Å². The molecule has 144 valence electrons. The molecule has 2 heterocycles. The molecule has 1 aliphatic rings. The van der Waals surface area contributed by atoms with E-state index in [1.807, 2.05) is 24.3 Å². The smallest absolute Gasteiger partial charge is 0.339 e. The average molecular weight is 407 g/mol. The van der Waals surface area contributed by atoms with Gasteiger partial charge in [0.15, 0.2) is 0 Å². The zero-order valence-electron chi connectivity index (χ0n) is 15.3. The number of nitrogens with one attached hydrogen (secondary N) is 1. The highest BCUT2D eigenvalue weighted by atomic mass is 35.5. The van der Waals surface area contributed by atoms with Crippen molar-refractivity contribution < 1.29 is 4.39 Å². The van der Waals surface area contributed by atoms with Crippen molar-refractivity contribution in [1.82, 2.24) is 14.5 Å². The van der Waals surface area contributed by atoms with E-state index < -0.39 is 11.6 Å². The Morgan fingerprint density at radius 1 is 1.10 bits per heavy atom. The van der Waals surface area contributed by atoms with Crippen molar-refractivity contribution in [1.29, 1.82) is 0 Å².